The average molecular weight is 637 g/mol. The number of anilines is 1. The van der Waals surface area contributed by atoms with E-state index in [1.54, 1.807) is 54.6 Å². The highest BCUT2D eigenvalue weighted by molar-refractivity contribution is 14.1. The van der Waals surface area contributed by atoms with Crippen LogP contribution in [0.3, 0.4) is 0 Å². The standard InChI is InChI=1S/C27H23Cl2IN2O4/c1-3-34-20-10-8-19(9-11-20)32-27(33)18(15-31)12-17-13-24(30)26(25(14-17)35-4-2)36-16-21-22(28)6-5-7-23(21)29/h5-14H,3-4,16H2,1-2H3,(H,32,33)/b18-12-. The summed E-state index contributed by atoms with van der Waals surface area (Å²) < 4.78 is 18.0. The maximum absolute atomic E-state index is 12.7. The molecule has 3 aromatic rings. The lowest BCUT2D eigenvalue weighted by atomic mass is 10.1. The minimum absolute atomic E-state index is 0.0568. The van der Waals surface area contributed by atoms with Gasteiger partial charge in [-0.2, -0.15) is 5.26 Å². The molecule has 0 atom stereocenters. The molecule has 0 radical (unpaired) electrons. The SMILES string of the molecule is CCOc1ccc(NC(=O)/C(C#N)=C\c2cc(I)c(OCc3c(Cl)cccc3Cl)c(OCC)c2)cc1. The molecule has 36 heavy (non-hydrogen) atoms. The summed E-state index contributed by atoms with van der Waals surface area (Å²) in [4.78, 5) is 12.7. The van der Waals surface area contributed by atoms with E-state index in [9.17, 15) is 10.1 Å². The lowest BCUT2D eigenvalue weighted by Gasteiger charge is -2.16. The molecule has 0 fully saturated rings. The Hall–Kier alpha value is -2.93. The van der Waals surface area contributed by atoms with E-state index in [1.807, 2.05) is 19.9 Å². The zero-order valence-corrected chi connectivity index (χ0v) is 23.3. The summed E-state index contributed by atoms with van der Waals surface area (Å²) in [6, 6.07) is 17.7. The zero-order valence-electron chi connectivity index (χ0n) is 19.6. The molecule has 3 aromatic carbocycles. The minimum Gasteiger partial charge on any atom is -0.494 e. The molecule has 0 spiro atoms. The summed E-state index contributed by atoms with van der Waals surface area (Å²) in [6.07, 6.45) is 1.50. The van der Waals surface area contributed by atoms with Crippen molar-refractivity contribution in [1.82, 2.24) is 0 Å². The number of nitriles is 1. The molecule has 9 heteroatoms. The number of carbonyl (C=O) groups excluding carboxylic acids is 1. The van der Waals surface area contributed by atoms with Crippen LogP contribution in [-0.4, -0.2) is 19.1 Å². The van der Waals surface area contributed by atoms with Gasteiger partial charge in [-0.15, -0.1) is 0 Å². The second-order valence-electron chi connectivity index (χ2n) is 7.33. The lowest BCUT2D eigenvalue weighted by Crippen LogP contribution is -2.13. The monoisotopic (exact) mass is 636 g/mol. The Kier molecular flexibility index (Phi) is 10.3. The Bertz CT molecular complexity index is 1280. The highest BCUT2D eigenvalue weighted by Crippen LogP contribution is 2.36. The number of nitrogens with one attached hydrogen (secondary N) is 1. The lowest BCUT2D eigenvalue weighted by molar-refractivity contribution is -0.112. The molecule has 0 saturated carbocycles. The van der Waals surface area contributed by atoms with E-state index in [0.29, 0.717) is 57.3 Å². The van der Waals surface area contributed by atoms with Crippen LogP contribution in [0.4, 0.5) is 5.69 Å². The van der Waals surface area contributed by atoms with Gasteiger partial charge in [0.15, 0.2) is 11.5 Å². The average Bonchev–Trinajstić information content (AvgIpc) is 2.85. The van der Waals surface area contributed by atoms with Crippen LogP contribution in [0.5, 0.6) is 17.2 Å². The van der Waals surface area contributed by atoms with Crippen molar-refractivity contribution < 1.29 is 19.0 Å². The van der Waals surface area contributed by atoms with Crippen molar-refractivity contribution in [3.8, 4) is 23.3 Å². The number of halogens is 3. The van der Waals surface area contributed by atoms with E-state index in [0.717, 1.165) is 3.57 Å². The number of hydrogen-bond donors (Lipinski definition) is 1. The number of nitrogens with zero attached hydrogens (tertiary/aromatic N) is 1. The summed E-state index contributed by atoms with van der Waals surface area (Å²) in [6.45, 7) is 4.85. The number of amides is 1. The molecule has 0 heterocycles. The van der Waals surface area contributed by atoms with Crippen LogP contribution in [0.2, 0.25) is 10.0 Å². The third-order valence-electron chi connectivity index (χ3n) is 4.85. The van der Waals surface area contributed by atoms with Gasteiger partial charge in [0.2, 0.25) is 0 Å². The Morgan fingerprint density at radius 2 is 1.69 bits per heavy atom. The molecule has 186 valence electrons. The van der Waals surface area contributed by atoms with Crippen molar-refractivity contribution in [3.63, 3.8) is 0 Å². The van der Waals surface area contributed by atoms with Crippen molar-refractivity contribution in [2.75, 3.05) is 18.5 Å². The molecule has 6 nitrogen and oxygen atoms in total. The van der Waals surface area contributed by atoms with E-state index in [-0.39, 0.29) is 12.2 Å². The van der Waals surface area contributed by atoms with E-state index < -0.39 is 5.91 Å². The first-order valence-electron chi connectivity index (χ1n) is 11.0. The van der Waals surface area contributed by atoms with E-state index in [1.165, 1.54) is 6.08 Å². The number of ether oxygens (including phenoxy) is 3. The van der Waals surface area contributed by atoms with Gasteiger partial charge in [0.05, 0.1) is 16.8 Å². The van der Waals surface area contributed by atoms with Crippen LogP contribution in [0, 0.1) is 14.9 Å². The maximum Gasteiger partial charge on any atom is 0.266 e. The van der Waals surface area contributed by atoms with Gasteiger partial charge in [0.25, 0.3) is 5.91 Å². The topological polar surface area (TPSA) is 80.6 Å². The molecule has 0 saturated heterocycles. The summed E-state index contributed by atoms with van der Waals surface area (Å²) in [5.74, 6) is 1.16. The first kappa shape index (κ1) is 27.7. The van der Waals surface area contributed by atoms with Gasteiger partial charge in [0.1, 0.15) is 24.0 Å². The summed E-state index contributed by atoms with van der Waals surface area (Å²) in [7, 11) is 0. The van der Waals surface area contributed by atoms with Gasteiger partial charge in [-0.05, 0) is 96.6 Å². The predicted molar refractivity (Wildman–Crippen MR) is 151 cm³/mol. The second kappa shape index (κ2) is 13.4. The normalized spacial score (nSPS) is 10.9. The van der Waals surface area contributed by atoms with Crippen molar-refractivity contribution in [3.05, 3.63) is 84.9 Å². The highest BCUT2D eigenvalue weighted by Gasteiger charge is 2.16. The van der Waals surface area contributed by atoms with Crippen LogP contribution in [-0.2, 0) is 11.4 Å². The van der Waals surface area contributed by atoms with Crippen LogP contribution in [0.15, 0.2) is 60.2 Å². The third-order valence-corrected chi connectivity index (χ3v) is 6.36. The Labute approximate surface area is 233 Å². The van der Waals surface area contributed by atoms with Crippen molar-refractivity contribution in [2.24, 2.45) is 0 Å². The third kappa shape index (κ3) is 7.29. The van der Waals surface area contributed by atoms with Crippen molar-refractivity contribution in [2.45, 2.75) is 20.5 Å². The molecule has 0 aliphatic rings. The van der Waals surface area contributed by atoms with Crippen LogP contribution in [0.1, 0.15) is 25.0 Å². The number of benzene rings is 3. The van der Waals surface area contributed by atoms with Crippen LogP contribution in [0.25, 0.3) is 6.08 Å². The van der Waals surface area contributed by atoms with E-state index in [4.69, 9.17) is 37.4 Å². The molecule has 0 aliphatic heterocycles. The fraction of sp³-hybridized carbons (Fsp3) is 0.185. The summed E-state index contributed by atoms with van der Waals surface area (Å²) in [5.41, 5.74) is 1.78. The smallest absolute Gasteiger partial charge is 0.266 e. The molecular formula is C27H23Cl2IN2O4. The summed E-state index contributed by atoms with van der Waals surface area (Å²) >= 11 is 14.6. The first-order valence-corrected chi connectivity index (χ1v) is 12.9. The van der Waals surface area contributed by atoms with Crippen LogP contribution < -0.4 is 19.5 Å². The Morgan fingerprint density at radius 3 is 2.31 bits per heavy atom. The molecule has 0 unspecified atom stereocenters. The Morgan fingerprint density at radius 1 is 1.03 bits per heavy atom. The molecule has 0 aliphatic carbocycles. The number of carbonyl (C=O) groups is 1. The zero-order chi connectivity index (χ0) is 26.1. The highest BCUT2D eigenvalue weighted by atomic mass is 127. The van der Waals surface area contributed by atoms with Gasteiger partial charge in [-0.25, -0.2) is 0 Å². The largest absolute Gasteiger partial charge is 0.494 e. The fourth-order valence-electron chi connectivity index (χ4n) is 3.20. The second-order valence-corrected chi connectivity index (χ2v) is 9.31. The molecule has 0 aromatic heterocycles. The van der Waals surface area contributed by atoms with Crippen molar-refractivity contribution >= 4 is 63.5 Å². The fourth-order valence-corrected chi connectivity index (χ4v) is 4.49. The summed E-state index contributed by atoms with van der Waals surface area (Å²) in [5, 5.41) is 13.4. The van der Waals surface area contributed by atoms with Gasteiger partial charge in [-0.1, -0.05) is 29.3 Å². The van der Waals surface area contributed by atoms with Crippen LogP contribution >= 0.6 is 45.8 Å². The van der Waals surface area contributed by atoms with Gasteiger partial charge >= 0.3 is 0 Å². The predicted octanol–water partition coefficient (Wildman–Crippen LogP) is 7.52. The van der Waals surface area contributed by atoms with Gasteiger partial charge in [0, 0.05) is 21.3 Å². The molecule has 1 N–H and O–H groups in total. The molecule has 1 amide bonds. The van der Waals surface area contributed by atoms with Gasteiger partial charge in [-0.3, -0.25) is 4.79 Å². The number of rotatable bonds is 10. The first-order chi connectivity index (χ1) is 17.4. The molecule has 0 bridgehead atoms. The van der Waals surface area contributed by atoms with E-state index >= 15 is 0 Å². The maximum atomic E-state index is 12.7. The minimum atomic E-state index is -0.525. The Balaban J connectivity index is 1.83. The quantitative estimate of drug-likeness (QED) is 0.141. The van der Waals surface area contributed by atoms with E-state index in [2.05, 4.69) is 27.9 Å². The van der Waals surface area contributed by atoms with Gasteiger partial charge < -0.3 is 19.5 Å². The molecular weight excluding hydrogens is 614 g/mol. The number of hydrogen-bond acceptors (Lipinski definition) is 5. The van der Waals surface area contributed by atoms with Crippen molar-refractivity contribution in [1.29, 1.82) is 5.26 Å². The molecule has 3 rings (SSSR count).